The average molecular weight is 684 g/mol. The van der Waals surface area contributed by atoms with Crippen LogP contribution in [-0.2, 0) is 10.2 Å². The normalized spacial score (nSPS) is 20.6. The van der Waals surface area contributed by atoms with Crippen molar-refractivity contribution in [2.45, 2.75) is 70.1 Å². The lowest BCUT2D eigenvalue weighted by atomic mass is 9.67. The molecule has 47 heavy (non-hydrogen) atoms. The third-order valence-electron chi connectivity index (χ3n) is 9.51. The first kappa shape index (κ1) is 34.9. The Hall–Kier alpha value is -3.44. The van der Waals surface area contributed by atoms with Crippen LogP contribution in [0.3, 0.4) is 0 Å². The highest BCUT2D eigenvalue weighted by molar-refractivity contribution is 7.80. The van der Waals surface area contributed by atoms with E-state index in [-0.39, 0.29) is 11.3 Å². The van der Waals surface area contributed by atoms with Crippen molar-refractivity contribution in [2.24, 2.45) is 11.8 Å². The first-order valence-corrected chi connectivity index (χ1v) is 17.8. The summed E-state index contributed by atoms with van der Waals surface area (Å²) in [5.41, 5.74) is 6.24. The Bertz CT molecular complexity index is 1650. The van der Waals surface area contributed by atoms with Crippen LogP contribution in [0.25, 0.3) is 5.57 Å². The monoisotopic (exact) mass is 682 g/mol. The van der Waals surface area contributed by atoms with E-state index in [1.807, 2.05) is 42.5 Å². The van der Waals surface area contributed by atoms with E-state index in [1.165, 1.54) is 23.1 Å². The van der Waals surface area contributed by atoms with Crippen molar-refractivity contribution in [1.82, 2.24) is 0 Å². The van der Waals surface area contributed by atoms with Crippen LogP contribution in [0.4, 0.5) is 11.4 Å². The number of allylic oxidation sites excluding steroid dienone is 2. The second kappa shape index (κ2) is 17.1. The number of nitrogens with one attached hydrogen (secondary N) is 2. The van der Waals surface area contributed by atoms with Crippen LogP contribution < -0.4 is 10.6 Å². The number of thiocarbonyl (C=S) groups is 1. The third kappa shape index (κ3) is 10.8. The van der Waals surface area contributed by atoms with Gasteiger partial charge in [0.2, 0.25) is 5.91 Å². The van der Waals surface area contributed by atoms with Crippen LogP contribution in [0, 0.1) is 11.8 Å². The van der Waals surface area contributed by atoms with Gasteiger partial charge in [0, 0.05) is 34.3 Å². The topological polar surface area (TPSA) is 41.1 Å². The van der Waals surface area contributed by atoms with E-state index < -0.39 is 0 Å². The molecule has 1 amide bonds. The van der Waals surface area contributed by atoms with E-state index in [9.17, 15) is 4.79 Å². The van der Waals surface area contributed by atoms with Crippen LogP contribution in [0.1, 0.15) is 75.8 Å². The van der Waals surface area contributed by atoms with E-state index in [0.717, 1.165) is 66.3 Å². The maximum Gasteiger partial charge on any atom is 0.224 e. The van der Waals surface area contributed by atoms with Gasteiger partial charge < -0.3 is 10.6 Å². The Morgan fingerprint density at radius 2 is 1.34 bits per heavy atom. The number of hydrogen-bond acceptors (Lipinski definition) is 2. The zero-order chi connectivity index (χ0) is 33.1. The molecule has 6 rings (SSSR count). The summed E-state index contributed by atoms with van der Waals surface area (Å²) in [5, 5.41) is 7.63. The third-order valence-corrected chi connectivity index (χ3v) is 10.2. The minimum absolute atomic E-state index is 0.0885. The van der Waals surface area contributed by atoms with Crippen LogP contribution in [-0.4, -0.2) is 10.9 Å². The van der Waals surface area contributed by atoms with Gasteiger partial charge in [-0.25, -0.2) is 0 Å². The smallest absolute Gasteiger partial charge is 0.224 e. The highest BCUT2D eigenvalue weighted by atomic mass is 35.5. The van der Waals surface area contributed by atoms with Gasteiger partial charge in [0.1, 0.15) is 0 Å². The molecule has 0 heterocycles. The molecule has 244 valence electrons. The van der Waals surface area contributed by atoms with Crippen LogP contribution in [0.2, 0.25) is 10.0 Å². The molecule has 0 bridgehead atoms. The number of rotatable bonds is 8. The quantitative estimate of drug-likeness (QED) is 0.182. The summed E-state index contributed by atoms with van der Waals surface area (Å²) < 4.78 is 0. The predicted molar refractivity (Wildman–Crippen MR) is 205 cm³/mol. The lowest BCUT2D eigenvalue weighted by molar-refractivity contribution is -0.117. The largest absolute Gasteiger partial charge is 0.350 e. The number of amides is 1. The van der Waals surface area contributed by atoms with Crippen molar-refractivity contribution >= 4 is 63.3 Å². The molecule has 1 unspecified atom stereocenters. The van der Waals surface area contributed by atoms with Gasteiger partial charge in [-0.05, 0) is 115 Å². The Labute approximate surface area is 295 Å². The molecule has 4 aromatic rings. The van der Waals surface area contributed by atoms with Gasteiger partial charge in [0.15, 0.2) is 0 Å². The van der Waals surface area contributed by atoms with Crippen molar-refractivity contribution < 1.29 is 4.79 Å². The van der Waals surface area contributed by atoms with Gasteiger partial charge >= 0.3 is 0 Å². The lowest BCUT2D eigenvalue weighted by Gasteiger charge is -2.37. The van der Waals surface area contributed by atoms with Gasteiger partial charge in [-0.3, -0.25) is 4.79 Å². The number of anilines is 2. The molecule has 0 saturated heterocycles. The lowest BCUT2D eigenvalue weighted by Crippen LogP contribution is -2.30. The highest BCUT2D eigenvalue weighted by Gasteiger charge is 2.33. The first-order valence-electron chi connectivity index (χ1n) is 16.7. The molecular formula is C41H44Cl2N2OS. The zero-order valence-electron chi connectivity index (χ0n) is 27.1. The number of hydrogen-bond donors (Lipinski definition) is 2. The van der Waals surface area contributed by atoms with E-state index in [1.54, 1.807) is 6.07 Å². The zero-order valence-corrected chi connectivity index (χ0v) is 29.4. The Kier molecular flexibility index (Phi) is 12.7. The fraction of sp³-hybridized carbons (Fsp3) is 0.317. The van der Waals surface area contributed by atoms with Crippen LogP contribution in [0.15, 0.2) is 115 Å². The molecule has 2 N–H and O–H groups in total. The van der Waals surface area contributed by atoms with E-state index in [4.69, 9.17) is 35.4 Å². The molecule has 1 fully saturated rings. The van der Waals surface area contributed by atoms with Crippen molar-refractivity contribution in [3.8, 4) is 0 Å². The maximum atomic E-state index is 12.3. The average Bonchev–Trinajstić information content (AvgIpc) is 3.07. The van der Waals surface area contributed by atoms with Crippen LogP contribution in [0.5, 0.6) is 0 Å². The molecular weight excluding hydrogens is 639 g/mol. The summed E-state index contributed by atoms with van der Waals surface area (Å²) in [6.07, 6.45) is 11.8. The predicted octanol–water partition coefficient (Wildman–Crippen LogP) is 12.2. The van der Waals surface area contributed by atoms with Gasteiger partial charge in [-0.2, -0.15) is 0 Å². The van der Waals surface area contributed by atoms with E-state index in [0.29, 0.717) is 23.3 Å². The summed E-state index contributed by atoms with van der Waals surface area (Å²) in [7, 11) is 0. The molecule has 3 nitrogen and oxygen atoms in total. The molecule has 0 radical (unpaired) electrons. The Morgan fingerprint density at radius 1 is 0.745 bits per heavy atom. The summed E-state index contributed by atoms with van der Waals surface area (Å²) in [6.45, 7) is 2.35. The van der Waals surface area contributed by atoms with Gasteiger partial charge in [0.25, 0.3) is 0 Å². The van der Waals surface area contributed by atoms with Crippen molar-refractivity contribution in [3.05, 3.63) is 136 Å². The number of benzene rings is 4. The molecule has 2 aliphatic rings. The Balaban J connectivity index is 0.000000185. The summed E-state index contributed by atoms with van der Waals surface area (Å²) in [5.74, 6) is 1.19. The van der Waals surface area contributed by atoms with Crippen molar-refractivity contribution in [3.63, 3.8) is 0 Å². The van der Waals surface area contributed by atoms with Crippen molar-refractivity contribution in [1.29, 1.82) is 0 Å². The van der Waals surface area contributed by atoms with E-state index in [2.05, 4.69) is 84.3 Å². The molecule has 4 aromatic carbocycles. The fourth-order valence-electron chi connectivity index (χ4n) is 6.72. The maximum absolute atomic E-state index is 12.3. The second-order valence-electron chi connectivity index (χ2n) is 13.1. The highest BCUT2D eigenvalue weighted by Crippen LogP contribution is 2.42. The standard InChI is InChI=1S/C21H24ClNO.C20H20ClNS/c1-21(17-6-3-2-4-7-17)12-10-16(11-13-21)14-20(24)23-19-9-5-8-18(22)15-19;21-18-7-4-8-19(14-18)22-20(23)13-15-9-11-17(12-10-15)16-5-2-1-3-6-16/h2-9,15-16H,10-14H2,1H3,(H,23,24);1-8,11,14-15H,9-10,12-13H2,(H,22,23). The summed E-state index contributed by atoms with van der Waals surface area (Å²) >= 11 is 17.5. The van der Waals surface area contributed by atoms with Gasteiger partial charge in [-0.15, -0.1) is 0 Å². The molecule has 1 saturated carbocycles. The van der Waals surface area contributed by atoms with Crippen molar-refractivity contribution in [2.75, 3.05) is 10.6 Å². The second-order valence-corrected chi connectivity index (χ2v) is 14.5. The minimum Gasteiger partial charge on any atom is -0.350 e. The van der Waals surface area contributed by atoms with Gasteiger partial charge in [0.05, 0.1) is 4.99 Å². The SMILES string of the molecule is CC1(c2ccccc2)CCC(CC(=O)Nc2cccc(Cl)c2)CC1.S=C(CC1CC=C(c2ccccc2)CC1)Nc1cccc(Cl)c1. The molecule has 0 aliphatic heterocycles. The molecule has 2 aliphatic carbocycles. The first-order chi connectivity index (χ1) is 22.8. The molecule has 1 atom stereocenters. The summed E-state index contributed by atoms with van der Waals surface area (Å²) in [6, 6.07) is 36.4. The van der Waals surface area contributed by atoms with Gasteiger partial charge in [-0.1, -0.05) is 121 Å². The fourth-order valence-corrected chi connectivity index (χ4v) is 7.45. The number of carbonyl (C=O) groups is 1. The van der Waals surface area contributed by atoms with Crippen LogP contribution >= 0.6 is 35.4 Å². The van der Waals surface area contributed by atoms with E-state index >= 15 is 0 Å². The number of halogens is 2. The molecule has 0 spiro atoms. The summed E-state index contributed by atoms with van der Waals surface area (Å²) in [4.78, 5) is 13.2. The Morgan fingerprint density at radius 3 is 1.91 bits per heavy atom. The molecule has 6 heteroatoms. The minimum atomic E-state index is 0.0885. The molecule has 0 aromatic heterocycles. The number of carbonyl (C=O) groups excluding carboxylic acids is 1.